The molecule has 0 amide bonds. The lowest BCUT2D eigenvalue weighted by Crippen LogP contribution is -2.16. The number of benzene rings is 1. The molecule has 0 aliphatic carbocycles. The average Bonchev–Trinajstić information content (AvgIpc) is 2.80. The van der Waals surface area contributed by atoms with E-state index in [2.05, 4.69) is 20.6 Å². The Bertz CT molecular complexity index is 754. The van der Waals surface area contributed by atoms with Crippen LogP contribution in [0.25, 0.3) is 0 Å². The number of nitrogens with zero attached hydrogens (tertiary/aromatic N) is 2. The first kappa shape index (κ1) is 16.4. The van der Waals surface area contributed by atoms with Crippen LogP contribution in [0.3, 0.4) is 0 Å². The van der Waals surface area contributed by atoms with Gasteiger partial charge in [-0.05, 0) is 25.1 Å². The van der Waals surface area contributed by atoms with Crippen LogP contribution in [0.5, 0.6) is 5.75 Å². The number of nitrogens with two attached hydrogens (primary N) is 1. The van der Waals surface area contributed by atoms with E-state index in [1.807, 2.05) is 0 Å². The third kappa shape index (κ3) is 3.23. The van der Waals surface area contributed by atoms with Gasteiger partial charge in [0.15, 0.2) is 11.6 Å². The number of anilines is 2. The minimum Gasteiger partial charge on any atom is -0.494 e. The van der Waals surface area contributed by atoms with Crippen LogP contribution >= 0.6 is 0 Å². The van der Waals surface area contributed by atoms with Gasteiger partial charge in [-0.3, -0.25) is 0 Å². The lowest BCUT2D eigenvalue weighted by Gasteiger charge is -2.15. The molecule has 1 aromatic carbocycles. The summed E-state index contributed by atoms with van der Waals surface area (Å²) in [5.74, 6) is -0.707. The summed E-state index contributed by atoms with van der Waals surface area (Å²) in [7, 11) is 1.34. The molecule has 1 aromatic heterocycles. The molecular formula is C16H19F2N5O. The summed E-state index contributed by atoms with van der Waals surface area (Å²) in [6.45, 7) is 1.53. The van der Waals surface area contributed by atoms with Gasteiger partial charge in [0.25, 0.3) is 0 Å². The third-order valence-electron chi connectivity index (χ3n) is 4.00. The van der Waals surface area contributed by atoms with Crippen LogP contribution in [-0.2, 0) is 19.4 Å². The van der Waals surface area contributed by atoms with Crippen LogP contribution in [0.1, 0.15) is 16.8 Å². The van der Waals surface area contributed by atoms with Crippen LogP contribution in [0, 0.1) is 11.6 Å². The quantitative estimate of drug-likeness (QED) is 0.788. The lowest BCUT2D eigenvalue weighted by atomic mass is 10.1. The molecule has 0 saturated heterocycles. The Morgan fingerprint density at radius 2 is 2.04 bits per heavy atom. The zero-order valence-electron chi connectivity index (χ0n) is 13.3. The normalized spacial score (nSPS) is 14.0. The van der Waals surface area contributed by atoms with Gasteiger partial charge in [-0.15, -0.1) is 0 Å². The van der Waals surface area contributed by atoms with Crippen molar-refractivity contribution < 1.29 is 13.5 Å². The van der Waals surface area contributed by atoms with E-state index in [-0.39, 0.29) is 23.8 Å². The highest BCUT2D eigenvalue weighted by atomic mass is 19.1. The summed E-state index contributed by atoms with van der Waals surface area (Å²) >= 11 is 0. The van der Waals surface area contributed by atoms with E-state index < -0.39 is 11.6 Å². The van der Waals surface area contributed by atoms with Crippen molar-refractivity contribution in [2.45, 2.75) is 19.4 Å². The summed E-state index contributed by atoms with van der Waals surface area (Å²) in [5, 5.41) is 6.27. The molecule has 2 heterocycles. The minimum absolute atomic E-state index is 0.00145. The zero-order chi connectivity index (χ0) is 17.1. The number of halogens is 2. The highest BCUT2D eigenvalue weighted by Crippen LogP contribution is 2.25. The van der Waals surface area contributed by atoms with Gasteiger partial charge in [-0.25, -0.2) is 13.8 Å². The maximum absolute atomic E-state index is 14.2. The van der Waals surface area contributed by atoms with Crippen LogP contribution in [0.2, 0.25) is 0 Å². The number of aromatic nitrogens is 2. The molecule has 1 aliphatic heterocycles. The van der Waals surface area contributed by atoms with Crippen molar-refractivity contribution >= 4 is 11.8 Å². The summed E-state index contributed by atoms with van der Waals surface area (Å²) in [6, 6.07) is 2.44. The smallest absolute Gasteiger partial charge is 0.222 e. The molecule has 0 unspecified atom stereocenters. The van der Waals surface area contributed by atoms with Gasteiger partial charge in [-0.1, -0.05) is 0 Å². The van der Waals surface area contributed by atoms with Crippen molar-refractivity contribution in [3.8, 4) is 5.75 Å². The number of nitrogen functional groups attached to an aromatic ring is 1. The van der Waals surface area contributed by atoms with E-state index in [1.54, 1.807) is 0 Å². The third-order valence-corrected chi connectivity index (χ3v) is 4.00. The van der Waals surface area contributed by atoms with E-state index in [1.165, 1.54) is 19.2 Å². The van der Waals surface area contributed by atoms with Crippen LogP contribution in [0.15, 0.2) is 12.1 Å². The maximum atomic E-state index is 14.2. The fourth-order valence-corrected chi connectivity index (χ4v) is 2.78. The Morgan fingerprint density at radius 1 is 1.25 bits per heavy atom. The van der Waals surface area contributed by atoms with E-state index >= 15 is 0 Å². The monoisotopic (exact) mass is 335 g/mol. The van der Waals surface area contributed by atoms with Gasteiger partial charge >= 0.3 is 0 Å². The molecule has 0 bridgehead atoms. The standard InChI is InChI=1S/C16H19F2N5O/c1-24-13-3-2-11(17)10(14(13)18)8-21-15-9-4-6-20-7-5-12(9)22-16(19)23-15/h2-3,20H,4-8H2,1H3,(H3,19,21,22,23). The number of nitrogens with one attached hydrogen (secondary N) is 2. The van der Waals surface area contributed by atoms with Gasteiger partial charge in [-0.2, -0.15) is 4.98 Å². The number of hydrogen-bond donors (Lipinski definition) is 3. The largest absolute Gasteiger partial charge is 0.494 e. The van der Waals surface area contributed by atoms with E-state index in [4.69, 9.17) is 10.5 Å². The molecule has 0 spiro atoms. The summed E-state index contributed by atoms with van der Waals surface area (Å²) in [4.78, 5) is 8.47. The maximum Gasteiger partial charge on any atom is 0.222 e. The van der Waals surface area contributed by atoms with Crippen LogP contribution in [-0.4, -0.2) is 30.2 Å². The predicted molar refractivity (Wildman–Crippen MR) is 87.0 cm³/mol. The highest BCUT2D eigenvalue weighted by Gasteiger charge is 2.18. The Labute approximate surface area is 138 Å². The van der Waals surface area contributed by atoms with Crippen molar-refractivity contribution in [2.75, 3.05) is 31.2 Å². The predicted octanol–water partition coefficient (Wildman–Crippen LogP) is 1.65. The molecule has 8 heteroatoms. The second kappa shape index (κ2) is 6.96. The second-order valence-corrected chi connectivity index (χ2v) is 5.50. The Kier molecular flexibility index (Phi) is 4.75. The van der Waals surface area contributed by atoms with Gasteiger partial charge in [0.2, 0.25) is 5.95 Å². The number of hydrogen-bond acceptors (Lipinski definition) is 6. The molecule has 0 atom stereocenters. The Balaban J connectivity index is 1.89. The molecule has 6 nitrogen and oxygen atoms in total. The van der Waals surface area contributed by atoms with Crippen molar-refractivity contribution in [1.29, 1.82) is 0 Å². The molecule has 0 fully saturated rings. The lowest BCUT2D eigenvalue weighted by molar-refractivity contribution is 0.381. The van der Waals surface area contributed by atoms with Gasteiger partial charge in [0.05, 0.1) is 12.8 Å². The SMILES string of the molecule is COc1ccc(F)c(CNc2nc(N)nc3c2CCNCC3)c1F. The summed E-state index contributed by atoms with van der Waals surface area (Å²) < 4.78 is 33.1. The van der Waals surface area contributed by atoms with Crippen LogP contribution < -0.4 is 21.1 Å². The van der Waals surface area contributed by atoms with Gasteiger partial charge in [0, 0.05) is 30.6 Å². The topological polar surface area (TPSA) is 85.1 Å². The summed E-state index contributed by atoms with van der Waals surface area (Å²) in [6.07, 6.45) is 1.46. The highest BCUT2D eigenvalue weighted by molar-refractivity contribution is 5.51. The first-order valence-electron chi connectivity index (χ1n) is 7.71. The number of ether oxygens (including phenoxy) is 1. The molecule has 24 heavy (non-hydrogen) atoms. The van der Waals surface area contributed by atoms with Crippen molar-refractivity contribution in [1.82, 2.24) is 15.3 Å². The van der Waals surface area contributed by atoms with E-state index in [9.17, 15) is 8.78 Å². The minimum atomic E-state index is -0.722. The van der Waals surface area contributed by atoms with Crippen LogP contribution in [0.4, 0.5) is 20.5 Å². The molecule has 0 saturated carbocycles. The molecule has 1 aliphatic rings. The Morgan fingerprint density at radius 3 is 2.83 bits per heavy atom. The van der Waals surface area contributed by atoms with Crippen molar-refractivity contribution in [2.24, 2.45) is 0 Å². The first-order valence-corrected chi connectivity index (χ1v) is 7.71. The number of methoxy groups -OCH3 is 1. The molecule has 2 aromatic rings. The molecule has 4 N–H and O–H groups in total. The first-order chi connectivity index (χ1) is 11.6. The fraction of sp³-hybridized carbons (Fsp3) is 0.375. The second-order valence-electron chi connectivity index (χ2n) is 5.50. The van der Waals surface area contributed by atoms with E-state index in [0.29, 0.717) is 5.82 Å². The average molecular weight is 335 g/mol. The Hall–Kier alpha value is -2.48. The molecule has 128 valence electrons. The van der Waals surface area contributed by atoms with E-state index in [0.717, 1.165) is 37.2 Å². The molecule has 0 radical (unpaired) electrons. The number of rotatable bonds is 4. The molecular weight excluding hydrogens is 316 g/mol. The zero-order valence-corrected chi connectivity index (χ0v) is 13.3. The fourth-order valence-electron chi connectivity index (χ4n) is 2.78. The van der Waals surface area contributed by atoms with Gasteiger partial charge < -0.3 is 21.1 Å². The summed E-state index contributed by atoms with van der Waals surface area (Å²) in [5.41, 5.74) is 7.44. The van der Waals surface area contributed by atoms with Gasteiger partial charge in [0.1, 0.15) is 11.6 Å². The van der Waals surface area contributed by atoms with Crippen molar-refractivity contribution in [3.05, 3.63) is 40.6 Å². The van der Waals surface area contributed by atoms with Crippen molar-refractivity contribution in [3.63, 3.8) is 0 Å². The molecule has 3 rings (SSSR count). The number of fused-ring (bicyclic) bond motifs is 1.